The minimum Gasteiger partial charge on any atom is -0.372 e. The summed E-state index contributed by atoms with van der Waals surface area (Å²) in [6, 6.07) is 20.3. The molecule has 10 heteroatoms. The van der Waals surface area contributed by atoms with Gasteiger partial charge in [0, 0.05) is 71.2 Å². The SMILES string of the molecule is Cc1ccc(COC2CC(c3cc4c(C)nc5c(F)c(-c6cccc(Cl)c6Cl)c(CCC#N)cc5c4n3C3C4CNC3C4)N(C(=O)C3CC3)C2)cc1. The summed E-state index contributed by atoms with van der Waals surface area (Å²) in [5, 5.41) is 15.6. The number of rotatable bonds is 9. The third kappa shape index (κ3) is 5.60. The Hall–Kier alpha value is -4.00. The van der Waals surface area contributed by atoms with Crippen molar-refractivity contribution in [2.24, 2.45) is 11.8 Å². The Morgan fingerprint density at radius 1 is 1.10 bits per heavy atom. The zero-order valence-corrected chi connectivity index (χ0v) is 30.8. The van der Waals surface area contributed by atoms with E-state index in [2.05, 4.69) is 58.1 Å². The molecule has 5 fully saturated rings. The van der Waals surface area contributed by atoms with Crippen LogP contribution in [0, 0.1) is 42.8 Å². The van der Waals surface area contributed by atoms with Gasteiger partial charge in [0.15, 0.2) is 5.82 Å². The fourth-order valence-electron chi connectivity index (χ4n) is 9.00. The summed E-state index contributed by atoms with van der Waals surface area (Å²) in [6.07, 6.45) is 4.05. The van der Waals surface area contributed by atoms with Crippen LogP contribution >= 0.6 is 23.2 Å². The van der Waals surface area contributed by atoms with Crippen molar-refractivity contribution in [3.8, 4) is 17.2 Å². The van der Waals surface area contributed by atoms with E-state index in [0.717, 1.165) is 53.7 Å². The molecule has 0 radical (unpaired) electrons. The molecule has 7 nitrogen and oxygen atoms in total. The highest BCUT2D eigenvalue weighted by atomic mass is 35.5. The number of likely N-dealkylation sites (tertiary alicyclic amines) is 1. The average Bonchev–Trinajstić information content (AvgIpc) is 3.43. The van der Waals surface area contributed by atoms with Crippen molar-refractivity contribution in [1.82, 2.24) is 19.8 Å². The summed E-state index contributed by atoms with van der Waals surface area (Å²) in [5.41, 5.74) is 6.79. The summed E-state index contributed by atoms with van der Waals surface area (Å²) in [7, 11) is 0. The molecule has 3 aromatic carbocycles. The van der Waals surface area contributed by atoms with E-state index in [1.165, 1.54) is 5.56 Å². The molecule has 0 spiro atoms. The Bertz CT molecular complexity index is 2280. The number of halogens is 3. The fraction of sp³-hybridized carbons (Fsp3) is 0.405. The minimum absolute atomic E-state index is 0.0653. The largest absolute Gasteiger partial charge is 0.372 e. The van der Waals surface area contributed by atoms with Crippen molar-refractivity contribution in [2.45, 2.75) is 83.2 Å². The monoisotopic (exact) mass is 735 g/mol. The number of pyridine rings is 1. The van der Waals surface area contributed by atoms with E-state index < -0.39 is 5.82 Å². The van der Waals surface area contributed by atoms with Crippen molar-refractivity contribution >= 4 is 50.9 Å². The van der Waals surface area contributed by atoms with E-state index in [-0.39, 0.29) is 53.0 Å². The van der Waals surface area contributed by atoms with Crippen LogP contribution in [0.1, 0.15) is 72.3 Å². The lowest BCUT2D eigenvalue weighted by atomic mass is 9.79. The van der Waals surface area contributed by atoms with Crippen LogP contribution in [0.25, 0.3) is 32.9 Å². The number of ether oxygens (including phenoxy) is 1. The van der Waals surface area contributed by atoms with Crippen LogP contribution in [0.15, 0.2) is 54.6 Å². The first-order chi connectivity index (χ1) is 25.2. The minimum atomic E-state index is -0.473. The lowest BCUT2D eigenvalue weighted by molar-refractivity contribution is -0.134. The molecule has 5 aromatic rings. The topological polar surface area (TPSA) is 83.2 Å². The van der Waals surface area contributed by atoms with Crippen molar-refractivity contribution in [1.29, 1.82) is 5.26 Å². The van der Waals surface area contributed by atoms with Crippen LogP contribution in [0.5, 0.6) is 0 Å². The van der Waals surface area contributed by atoms with Crippen molar-refractivity contribution in [2.75, 3.05) is 13.1 Å². The zero-order chi connectivity index (χ0) is 35.8. The van der Waals surface area contributed by atoms with Gasteiger partial charge >= 0.3 is 0 Å². The lowest BCUT2D eigenvalue weighted by Gasteiger charge is -2.39. The number of nitrogens with one attached hydrogen (secondary N) is 1. The highest BCUT2D eigenvalue weighted by Crippen LogP contribution is 2.51. The first-order valence-electron chi connectivity index (χ1n) is 18.4. The normalized spacial score (nSPS) is 23.8. The van der Waals surface area contributed by atoms with E-state index in [9.17, 15) is 10.1 Å². The number of nitriles is 1. The highest BCUT2D eigenvalue weighted by Gasteiger charge is 2.51. The predicted molar refractivity (Wildman–Crippen MR) is 202 cm³/mol. The first-order valence-corrected chi connectivity index (χ1v) is 19.2. The third-order valence-corrected chi connectivity index (χ3v) is 12.7. The Kier molecular flexibility index (Phi) is 8.54. The van der Waals surface area contributed by atoms with Gasteiger partial charge in [-0.2, -0.15) is 5.26 Å². The number of carbonyl (C=O) groups is 1. The van der Waals surface area contributed by atoms with Gasteiger partial charge in [-0.1, -0.05) is 65.2 Å². The Morgan fingerprint density at radius 2 is 1.90 bits per heavy atom. The second kappa shape index (κ2) is 13.1. The molecule has 2 bridgehead atoms. The smallest absolute Gasteiger partial charge is 0.226 e. The maximum absolute atomic E-state index is 17.2. The molecule has 2 saturated carbocycles. The quantitative estimate of drug-likeness (QED) is 0.163. The number of fused-ring (bicyclic) bond motifs is 4. The third-order valence-electron chi connectivity index (χ3n) is 11.9. The molecule has 1 amide bonds. The Morgan fingerprint density at radius 3 is 2.62 bits per heavy atom. The van der Waals surface area contributed by atoms with Crippen molar-refractivity contribution in [3.05, 3.63) is 98.5 Å². The lowest BCUT2D eigenvalue weighted by Crippen LogP contribution is -2.41. The molecule has 5 unspecified atom stereocenters. The number of amides is 1. The fourth-order valence-corrected chi connectivity index (χ4v) is 9.40. The number of carbonyl (C=O) groups excluding carboxylic acids is 1. The van der Waals surface area contributed by atoms with Gasteiger partial charge < -0.3 is 19.5 Å². The van der Waals surface area contributed by atoms with E-state index in [1.807, 2.05) is 13.0 Å². The van der Waals surface area contributed by atoms with Crippen LogP contribution in [-0.4, -0.2) is 45.6 Å². The van der Waals surface area contributed by atoms with Crippen molar-refractivity contribution in [3.63, 3.8) is 0 Å². The Labute approximate surface area is 312 Å². The van der Waals surface area contributed by atoms with Crippen LogP contribution in [0.3, 0.4) is 0 Å². The molecule has 5 atom stereocenters. The van der Waals surface area contributed by atoms with Gasteiger partial charge in [-0.15, -0.1) is 0 Å². The van der Waals surface area contributed by atoms with Crippen molar-refractivity contribution < 1.29 is 13.9 Å². The second-order valence-corrected chi connectivity index (χ2v) is 16.0. The van der Waals surface area contributed by atoms with Crippen LogP contribution in [0.4, 0.5) is 4.39 Å². The number of hydrogen-bond donors (Lipinski definition) is 1. The molecule has 5 heterocycles. The van der Waals surface area contributed by atoms with Crippen LogP contribution in [0.2, 0.25) is 10.0 Å². The van der Waals surface area contributed by atoms with E-state index in [4.69, 9.17) is 32.9 Å². The highest BCUT2D eigenvalue weighted by molar-refractivity contribution is 6.43. The molecule has 10 rings (SSSR count). The average molecular weight is 737 g/mol. The van der Waals surface area contributed by atoms with Gasteiger partial charge in [-0.05, 0) is 74.8 Å². The zero-order valence-electron chi connectivity index (χ0n) is 29.3. The molecule has 2 aromatic heterocycles. The van der Waals surface area contributed by atoms with Crippen LogP contribution < -0.4 is 5.32 Å². The molecular weight excluding hydrogens is 696 g/mol. The molecular formula is C42H40Cl2FN5O2. The standard InChI is InChI=1S/C42H40Cl2FN5O2/c1-22-8-10-24(11-9-22)21-52-28-17-34(49(20-28)42(51)25-12-13-25)35-18-30-23(2)48-39-31(41(30)50(35)40-27-16-33(40)47-19-27)15-26(5-4-14-46)36(38(39)45)29-6-3-7-32(43)37(29)44/h3,6-11,15,18,25,27-28,33-34,40,47H,4-5,12-13,16-17,19-21H2,1-2H3. The molecule has 3 saturated heterocycles. The predicted octanol–water partition coefficient (Wildman–Crippen LogP) is 9.18. The van der Waals surface area contributed by atoms with Crippen LogP contribution in [-0.2, 0) is 22.6 Å². The molecule has 2 aliphatic carbocycles. The molecule has 52 heavy (non-hydrogen) atoms. The number of aryl methyl sites for hydroxylation is 3. The van der Waals surface area contributed by atoms with E-state index in [1.54, 1.807) is 18.2 Å². The number of nitrogens with zero attached hydrogens (tertiary/aromatic N) is 4. The van der Waals surface area contributed by atoms with E-state index >= 15 is 4.39 Å². The van der Waals surface area contributed by atoms with Gasteiger partial charge in [0.1, 0.15) is 5.52 Å². The summed E-state index contributed by atoms with van der Waals surface area (Å²) >= 11 is 13.1. The van der Waals surface area contributed by atoms with E-state index in [0.29, 0.717) is 59.0 Å². The number of hydrogen-bond acceptors (Lipinski definition) is 5. The van der Waals surface area contributed by atoms with Gasteiger partial charge in [0.2, 0.25) is 5.91 Å². The van der Waals surface area contributed by atoms with Gasteiger partial charge in [0.05, 0.1) is 46.4 Å². The number of aromatic nitrogens is 2. The summed E-state index contributed by atoms with van der Waals surface area (Å²) < 4.78 is 26.2. The van der Waals surface area contributed by atoms with Gasteiger partial charge in [-0.25, -0.2) is 9.37 Å². The maximum atomic E-state index is 17.2. The summed E-state index contributed by atoms with van der Waals surface area (Å²) in [6.45, 7) is 5.96. The molecule has 3 aliphatic heterocycles. The first kappa shape index (κ1) is 33.8. The maximum Gasteiger partial charge on any atom is 0.226 e. The molecule has 266 valence electrons. The van der Waals surface area contributed by atoms with Gasteiger partial charge in [0.25, 0.3) is 0 Å². The number of benzene rings is 3. The summed E-state index contributed by atoms with van der Waals surface area (Å²) in [4.78, 5) is 21.0. The summed E-state index contributed by atoms with van der Waals surface area (Å²) in [5.74, 6) is 0.221. The molecule has 5 aliphatic rings. The Balaban J connectivity index is 1.22. The van der Waals surface area contributed by atoms with Gasteiger partial charge in [-0.3, -0.25) is 4.79 Å². The second-order valence-electron chi connectivity index (χ2n) is 15.2. The molecule has 1 N–H and O–H groups in total.